The molecule has 18 heavy (non-hydrogen) atoms. The van der Waals surface area contributed by atoms with Crippen LogP contribution in [0.1, 0.15) is 12.5 Å². The van der Waals surface area contributed by atoms with Crippen LogP contribution >= 0.6 is 34.7 Å². The van der Waals surface area contributed by atoms with Crippen molar-refractivity contribution in [2.75, 3.05) is 0 Å². The van der Waals surface area contributed by atoms with E-state index in [1.54, 1.807) is 12.1 Å². The number of thiophene rings is 1. The number of benzene rings is 1. The van der Waals surface area contributed by atoms with Gasteiger partial charge in [-0.15, -0.1) is 11.3 Å². The number of nitrogens with zero attached hydrogens (tertiary/aromatic N) is 1. The molecule has 2 aromatic rings. The van der Waals surface area contributed by atoms with Gasteiger partial charge >= 0.3 is 0 Å². The highest BCUT2D eigenvalue weighted by Crippen LogP contribution is 2.39. The van der Waals surface area contributed by atoms with Crippen LogP contribution in [-0.2, 0) is 0 Å². The second-order valence-electron chi connectivity index (χ2n) is 3.59. The third-order valence-electron chi connectivity index (χ3n) is 2.29. The molecule has 1 aromatic carbocycles. The van der Waals surface area contributed by atoms with Crippen molar-refractivity contribution in [2.45, 2.75) is 16.6 Å². The van der Waals surface area contributed by atoms with Crippen molar-refractivity contribution in [2.24, 2.45) is 0 Å². The largest absolute Gasteiger partial charge is 0.236 e. The zero-order valence-corrected chi connectivity index (χ0v) is 11.9. The van der Waals surface area contributed by atoms with Gasteiger partial charge in [-0.05, 0) is 24.6 Å². The summed E-state index contributed by atoms with van der Waals surface area (Å²) in [5.74, 6) is 0. The number of nitriles is 1. The van der Waals surface area contributed by atoms with Gasteiger partial charge in [0.15, 0.2) is 0 Å². The molecule has 1 atom stereocenters. The molecule has 1 heterocycles. The summed E-state index contributed by atoms with van der Waals surface area (Å²) in [6.07, 6.45) is 0. The van der Waals surface area contributed by atoms with Gasteiger partial charge in [0, 0.05) is 16.0 Å². The highest BCUT2D eigenvalue weighted by Gasteiger charge is 2.15. The maximum Gasteiger partial charge on any atom is 0.148 e. The van der Waals surface area contributed by atoms with Crippen LogP contribution in [0.2, 0.25) is 5.02 Å². The lowest BCUT2D eigenvalue weighted by atomic mass is 10.1. The topological polar surface area (TPSA) is 23.8 Å². The summed E-state index contributed by atoms with van der Waals surface area (Å²) in [5.41, 5.74) is 1.28. The van der Waals surface area contributed by atoms with Crippen molar-refractivity contribution in [3.63, 3.8) is 0 Å². The molecule has 0 aliphatic carbocycles. The first-order chi connectivity index (χ1) is 8.61. The van der Waals surface area contributed by atoms with Gasteiger partial charge in [-0.2, -0.15) is 5.26 Å². The van der Waals surface area contributed by atoms with Crippen LogP contribution in [0, 0.1) is 11.3 Å². The summed E-state index contributed by atoms with van der Waals surface area (Å²) >= 11 is 8.30. The van der Waals surface area contributed by atoms with E-state index in [4.69, 9.17) is 11.6 Å². The van der Waals surface area contributed by atoms with Gasteiger partial charge in [0.1, 0.15) is 11.6 Å². The van der Waals surface area contributed by atoms with Gasteiger partial charge in [-0.3, -0.25) is 0 Å². The van der Waals surface area contributed by atoms with E-state index in [2.05, 4.69) is 6.07 Å². The highest BCUT2D eigenvalue weighted by atomic mass is 35.5. The lowest BCUT2D eigenvalue weighted by molar-refractivity contribution is 0.484. The summed E-state index contributed by atoms with van der Waals surface area (Å²) in [5, 5.41) is 11.7. The third-order valence-corrected chi connectivity index (χ3v) is 4.64. The van der Waals surface area contributed by atoms with E-state index in [0.29, 0.717) is 10.6 Å². The predicted molar refractivity (Wildman–Crippen MR) is 75.9 cm³/mol. The Bertz CT molecular complexity index is 584. The average molecular weight is 298 g/mol. The molecular formula is C13H9ClFNS2. The summed E-state index contributed by atoms with van der Waals surface area (Å²) in [6.45, 7) is 1.47. The lowest BCUT2D eigenvalue weighted by Gasteiger charge is -2.01. The Balaban J connectivity index is 2.43. The second kappa shape index (κ2) is 5.75. The molecule has 0 saturated carbocycles. The molecule has 0 N–H and O–H groups in total. The van der Waals surface area contributed by atoms with Crippen molar-refractivity contribution in [1.82, 2.24) is 0 Å². The van der Waals surface area contributed by atoms with Gasteiger partial charge in [0.2, 0.25) is 0 Å². The number of thioether (sulfide) groups is 1. The Kier molecular flexibility index (Phi) is 4.28. The lowest BCUT2D eigenvalue weighted by Crippen LogP contribution is -1.85. The smallest absolute Gasteiger partial charge is 0.148 e. The van der Waals surface area contributed by atoms with Crippen LogP contribution in [0.5, 0.6) is 0 Å². The van der Waals surface area contributed by atoms with Gasteiger partial charge < -0.3 is 0 Å². The van der Waals surface area contributed by atoms with E-state index in [1.165, 1.54) is 18.3 Å². The van der Waals surface area contributed by atoms with Gasteiger partial charge in [-0.1, -0.05) is 35.5 Å². The normalized spacial score (nSPS) is 12.1. The molecule has 5 heteroatoms. The molecule has 0 radical (unpaired) electrons. The van der Waals surface area contributed by atoms with Crippen LogP contribution in [0.15, 0.2) is 33.9 Å². The molecule has 0 saturated heterocycles. The second-order valence-corrected chi connectivity index (χ2v) is 6.46. The van der Waals surface area contributed by atoms with Crippen LogP contribution in [-0.4, -0.2) is 5.50 Å². The molecule has 0 bridgehead atoms. The first kappa shape index (κ1) is 13.4. The van der Waals surface area contributed by atoms with Crippen LogP contribution in [0.4, 0.5) is 4.39 Å². The first-order valence-electron chi connectivity index (χ1n) is 5.20. The predicted octanol–water partition coefficient (Wildman–Crippen LogP) is 5.35. The zero-order valence-electron chi connectivity index (χ0n) is 9.48. The van der Waals surface area contributed by atoms with Crippen molar-refractivity contribution < 1.29 is 4.39 Å². The molecule has 1 nitrogen and oxygen atoms in total. The number of rotatable bonds is 3. The van der Waals surface area contributed by atoms with Crippen molar-refractivity contribution >= 4 is 34.7 Å². The quantitative estimate of drug-likeness (QED) is 0.713. The van der Waals surface area contributed by atoms with E-state index in [-0.39, 0.29) is 0 Å². The van der Waals surface area contributed by atoms with Crippen LogP contribution < -0.4 is 0 Å². The SMILES string of the molecule is CC(F)Sc1scc(-c2ccc(Cl)cc2)c1C#N. The Hall–Kier alpha value is -1.02. The van der Waals surface area contributed by atoms with Gasteiger partial charge in [-0.25, -0.2) is 4.39 Å². The zero-order chi connectivity index (χ0) is 13.1. The maximum atomic E-state index is 13.0. The Morgan fingerprint density at radius 3 is 2.61 bits per heavy atom. The van der Waals surface area contributed by atoms with Crippen LogP contribution in [0.3, 0.4) is 0 Å². The highest BCUT2D eigenvalue weighted by molar-refractivity contribution is 8.01. The van der Waals surface area contributed by atoms with E-state index in [0.717, 1.165) is 27.1 Å². The molecule has 0 spiro atoms. The first-order valence-corrected chi connectivity index (χ1v) is 7.34. The fourth-order valence-corrected chi connectivity index (χ4v) is 3.73. The van der Waals surface area contributed by atoms with E-state index in [1.807, 2.05) is 17.5 Å². The van der Waals surface area contributed by atoms with Crippen molar-refractivity contribution in [3.8, 4) is 17.2 Å². The maximum absolute atomic E-state index is 13.0. The van der Waals surface area contributed by atoms with E-state index in [9.17, 15) is 9.65 Å². The minimum absolute atomic E-state index is 0.539. The van der Waals surface area contributed by atoms with Gasteiger partial charge in [0.05, 0.1) is 9.77 Å². The molecule has 0 fully saturated rings. The fraction of sp³-hybridized carbons (Fsp3) is 0.154. The molecule has 0 aliphatic heterocycles. The molecule has 92 valence electrons. The number of hydrogen-bond donors (Lipinski definition) is 0. The molecule has 0 aliphatic rings. The minimum Gasteiger partial charge on any atom is -0.236 e. The van der Waals surface area contributed by atoms with Crippen LogP contribution in [0.25, 0.3) is 11.1 Å². The average Bonchev–Trinajstić information content (AvgIpc) is 2.72. The minimum atomic E-state index is -1.02. The number of hydrogen-bond acceptors (Lipinski definition) is 3. The van der Waals surface area contributed by atoms with E-state index >= 15 is 0 Å². The summed E-state index contributed by atoms with van der Waals surface area (Å²) in [7, 11) is 0. The summed E-state index contributed by atoms with van der Waals surface area (Å²) in [6, 6.07) is 9.43. The van der Waals surface area contributed by atoms with Gasteiger partial charge in [0.25, 0.3) is 0 Å². The summed E-state index contributed by atoms with van der Waals surface area (Å²) in [4.78, 5) is 0. The Labute approximate surface area is 118 Å². The Morgan fingerprint density at radius 2 is 2.06 bits per heavy atom. The molecule has 2 rings (SSSR count). The van der Waals surface area contributed by atoms with Crippen molar-refractivity contribution in [1.29, 1.82) is 5.26 Å². The number of halogens is 2. The molecular weight excluding hydrogens is 289 g/mol. The molecule has 1 aromatic heterocycles. The standard InChI is InChI=1S/C13H9ClFNS2/c1-8(15)18-13-11(6-16)12(7-17-13)9-2-4-10(14)5-3-9/h2-5,7-8H,1H3. The summed E-state index contributed by atoms with van der Waals surface area (Å²) < 4.78 is 13.7. The van der Waals surface area contributed by atoms with Crippen molar-refractivity contribution in [3.05, 3.63) is 40.2 Å². The van der Waals surface area contributed by atoms with E-state index < -0.39 is 5.50 Å². The Morgan fingerprint density at radius 1 is 1.39 bits per heavy atom. The monoisotopic (exact) mass is 297 g/mol. The fourth-order valence-electron chi connectivity index (χ4n) is 1.52. The molecule has 1 unspecified atom stereocenters. The number of alkyl halides is 1. The molecule has 0 amide bonds. The third kappa shape index (κ3) is 2.86.